The van der Waals surface area contributed by atoms with E-state index in [9.17, 15) is 14.7 Å². The second kappa shape index (κ2) is 10.8. The molecule has 1 heterocycles. The van der Waals surface area contributed by atoms with Gasteiger partial charge in [-0.1, -0.05) is 24.3 Å². The third kappa shape index (κ3) is 5.71. The quantitative estimate of drug-likeness (QED) is 0.402. The standard InChI is InChI=1S/C30H35N3O4/c1-33-20-25(19-32-33)24-5-2-4-21(16-24)18-31-28(34)6-3-15-37-26-8-7-22-9-12-30(27(22)17-26)13-10-23(11-14-30)29(35)36/h2,4-5,7-8,16-17,19-20,23H,3,6,9-15,18H2,1H3,(H,31,34)(H,35,36). The van der Waals surface area contributed by atoms with Crippen molar-refractivity contribution < 1.29 is 19.4 Å². The number of nitrogens with zero attached hydrogens (tertiary/aromatic N) is 2. The van der Waals surface area contributed by atoms with Crippen LogP contribution in [0.1, 0.15) is 61.6 Å². The van der Waals surface area contributed by atoms with Gasteiger partial charge in [0.25, 0.3) is 0 Å². The van der Waals surface area contributed by atoms with Crippen LogP contribution in [0.3, 0.4) is 0 Å². The van der Waals surface area contributed by atoms with Gasteiger partial charge in [0.15, 0.2) is 0 Å². The molecule has 2 aromatic carbocycles. The van der Waals surface area contributed by atoms with Gasteiger partial charge < -0.3 is 15.2 Å². The van der Waals surface area contributed by atoms with Crippen molar-refractivity contribution in [2.75, 3.05) is 6.61 Å². The van der Waals surface area contributed by atoms with Crippen LogP contribution in [-0.4, -0.2) is 33.4 Å². The Kier molecular flexibility index (Phi) is 7.31. The number of hydrogen-bond donors (Lipinski definition) is 2. The average Bonchev–Trinajstić information content (AvgIpc) is 3.50. The zero-order valence-electron chi connectivity index (χ0n) is 21.4. The summed E-state index contributed by atoms with van der Waals surface area (Å²) in [6, 6.07) is 14.5. The number of carboxylic acids is 1. The van der Waals surface area contributed by atoms with Crippen molar-refractivity contribution in [3.63, 3.8) is 0 Å². The van der Waals surface area contributed by atoms with Gasteiger partial charge in [0.1, 0.15) is 5.75 Å². The molecular weight excluding hydrogens is 466 g/mol. The molecule has 2 aliphatic rings. The van der Waals surface area contributed by atoms with Crippen LogP contribution in [-0.2, 0) is 35.0 Å². The first kappa shape index (κ1) is 25.1. The van der Waals surface area contributed by atoms with E-state index in [4.69, 9.17) is 4.74 Å². The first-order valence-electron chi connectivity index (χ1n) is 13.3. The van der Waals surface area contributed by atoms with Crippen LogP contribution in [0.2, 0.25) is 0 Å². The predicted molar refractivity (Wildman–Crippen MR) is 141 cm³/mol. The number of aromatic nitrogens is 2. The van der Waals surface area contributed by atoms with Crippen molar-refractivity contribution in [3.05, 3.63) is 71.5 Å². The highest BCUT2D eigenvalue weighted by Crippen LogP contribution is 2.50. The largest absolute Gasteiger partial charge is 0.494 e. The third-order valence-corrected chi connectivity index (χ3v) is 8.09. The van der Waals surface area contributed by atoms with Gasteiger partial charge in [0.2, 0.25) is 5.91 Å². The van der Waals surface area contributed by atoms with E-state index in [1.54, 1.807) is 4.68 Å². The Hall–Kier alpha value is -3.61. The summed E-state index contributed by atoms with van der Waals surface area (Å²) in [5, 5.41) is 16.6. The van der Waals surface area contributed by atoms with Gasteiger partial charge in [0.05, 0.1) is 18.7 Å². The third-order valence-electron chi connectivity index (χ3n) is 8.09. The molecule has 1 spiro atoms. The highest BCUT2D eigenvalue weighted by molar-refractivity contribution is 5.76. The number of nitrogens with one attached hydrogen (secondary N) is 1. The zero-order chi connectivity index (χ0) is 25.8. The molecule has 0 saturated heterocycles. The molecule has 2 aliphatic carbocycles. The number of hydrogen-bond acceptors (Lipinski definition) is 4. The van der Waals surface area contributed by atoms with Crippen LogP contribution in [0.4, 0.5) is 0 Å². The van der Waals surface area contributed by atoms with E-state index < -0.39 is 5.97 Å². The minimum atomic E-state index is -0.660. The maximum atomic E-state index is 12.4. The van der Waals surface area contributed by atoms with Crippen molar-refractivity contribution in [1.82, 2.24) is 15.1 Å². The maximum Gasteiger partial charge on any atom is 0.306 e. The summed E-state index contributed by atoms with van der Waals surface area (Å²) in [5.74, 6) is -0.00992. The van der Waals surface area contributed by atoms with E-state index in [-0.39, 0.29) is 17.2 Å². The number of aliphatic carboxylic acids is 1. The Morgan fingerprint density at radius 1 is 1.14 bits per heavy atom. The number of fused-ring (bicyclic) bond motifs is 2. The second-order valence-corrected chi connectivity index (χ2v) is 10.5. The van der Waals surface area contributed by atoms with Crippen molar-refractivity contribution in [1.29, 1.82) is 0 Å². The van der Waals surface area contributed by atoms with E-state index in [0.717, 1.165) is 61.0 Å². The second-order valence-electron chi connectivity index (χ2n) is 10.5. The fraction of sp³-hybridized carbons (Fsp3) is 0.433. The van der Waals surface area contributed by atoms with E-state index in [0.29, 0.717) is 26.0 Å². The molecule has 0 radical (unpaired) electrons. The molecule has 1 fully saturated rings. The Morgan fingerprint density at radius 2 is 1.97 bits per heavy atom. The van der Waals surface area contributed by atoms with Crippen LogP contribution in [0, 0.1) is 5.92 Å². The number of amides is 1. The molecule has 0 unspecified atom stereocenters. The highest BCUT2D eigenvalue weighted by atomic mass is 16.5. The fourth-order valence-corrected chi connectivity index (χ4v) is 5.95. The Morgan fingerprint density at radius 3 is 2.73 bits per heavy atom. The van der Waals surface area contributed by atoms with Crippen molar-refractivity contribution >= 4 is 11.9 Å². The molecule has 194 valence electrons. The zero-order valence-corrected chi connectivity index (χ0v) is 21.4. The summed E-state index contributed by atoms with van der Waals surface area (Å²) in [5.41, 5.74) is 6.01. The molecule has 3 aromatic rings. The lowest BCUT2D eigenvalue weighted by Gasteiger charge is -2.37. The first-order valence-corrected chi connectivity index (χ1v) is 13.3. The van der Waals surface area contributed by atoms with E-state index >= 15 is 0 Å². The first-order chi connectivity index (χ1) is 17.9. The molecular formula is C30H35N3O4. The number of aryl methyl sites for hydroxylation is 2. The molecule has 1 amide bonds. The lowest BCUT2D eigenvalue weighted by Crippen LogP contribution is -2.32. The van der Waals surface area contributed by atoms with Gasteiger partial charge in [0, 0.05) is 31.8 Å². The Balaban J connectivity index is 1.08. The number of ether oxygens (including phenoxy) is 1. The molecule has 0 atom stereocenters. The van der Waals surface area contributed by atoms with Crippen LogP contribution in [0.5, 0.6) is 5.75 Å². The van der Waals surface area contributed by atoms with Crippen LogP contribution >= 0.6 is 0 Å². The fourth-order valence-electron chi connectivity index (χ4n) is 5.95. The van der Waals surface area contributed by atoms with Gasteiger partial charge in [-0.15, -0.1) is 0 Å². The SMILES string of the molecule is Cn1cc(-c2cccc(CNC(=O)CCCOc3ccc4c(c3)C3(CC4)CCC(C(=O)O)CC3)c2)cn1. The molecule has 37 heavy (non-hydrogen) atoms. The number of carbonyl (C=O) groups is 2. The minimum Gasteiger partial charge on any atom is -0.494 e. The maximum absolute atomic E-state index is 12.4. The number of carbonyl (C=O) groups excluding carboxylic acids is 1. The summed E-state index contributed by atoms with van der Waals surface area (Å²) < 4.78 is 7.80. The van der Waals surface area contributed by atoms with Crippen LogP contribution in [0.15, 0.2) is 54.9 Å². The Bertz CT molecular complexity index is 1270. The number of carboxylic acid groups (broad SMARTS) is 1. The van der Waals surface area contributed by atoms with E-state index in [2.05, 4.69) is 28.6 Å². The molecule has 2 N–H and O–H groups in total. The molecule has 0 aliphatic heterocycles. The average molecular weight is 502 g/mol. The van der Waals surface area contributed by atoms with Crippen LogP contribution in [0.25, 0.3) is 11.1 Å². The van der Waals surface area contributed by atoms with Crippen molar-refractivity contribution in [3.8, 4) is 16.9 Å². The molecule has 1 aromatic heterocycles. The number of rotatable bonds is 9. The summed E-state index contributed by atoms with van der Waals surface area (Å²) in [6.07, 6.45) is 10.4. The lowest BCUT2D eigenvalue weighted by atomic mass is 9.67. The number of benzene rings is 2. The lowest BCUT2D eigenvalue weighted by molar-refractivity contribution is -0.143. The highest BCUT2D eigenvalue weighted by Gasteiger charge is 2.43. The topological polar surface area (TPSA) is 93.5 Å². The Labute approximate surface area is 217 Å². The molecule has 7 nitrogen and oxygen atoms in total. The van der Waals surface area contributed by atoms with Gasteiger partial charge in [-0.25, -0.2) is 0 Å². The molecule has 0 bridgehead atoms. The van der Waals surface area contributed by atoms with Crippen LogP contribution < -0.4 is 10.1 Å². The normalized spacial score (nSPS) is 20.5. The van der Waals surface area contributed by atoms with Gasteiger partial charge in [-0.3, -0.25) is 14.3 Å². The summed E-state index contributed by atoms with van der Waals surface area (Å²) in [6.45, 7) is 0.972. The molecule has 5 rings (SSSR count). The smallest absolute Gasteiger partial charge is 0.306 e. The van der Waals surface area contributed by atoms with Crippen molar-refractivity contribution in [2.24, 2.45) is 13.0 Å². The van der Waals surface area contributed by atoms with Gasteiger partial charge in [-0.2, -0.15) is 5.10 Å². The van der Waals surface area contributed by atoms with Crippen molar-refractivity contribution in [2.45, 2.75) is 63.3 Å². The van der Waals surface area contributed by atoms with Gasteiger partial charge in [-0.05, 0) is 90.8 Å². The summed E-state index contributed by atoms with van der Waals surface area (Å²) >= 11 is 0. The minimum absolute atomic E-state index is 0.0125. The monoisotopic (exact) mass is 501 g/mol. The van der Waals surface area contributed by atoms with Gasteiger partial charge >= 0.3 is 5.97 Å². The summed E-state index contributed by atoms with van der Waals surface area (Å²) in [7, 11) is 1.90. The molecule has 1 saturated carbocycles. The summed E-state index contributed by atoms with van der Waals surface area (Å²) in [4.78, 5) is 23.8. The molecule has 7 heteroatoms. The predicted octanol–water partition coefficient (Wildman–Crippen LogP) is 5.02. The van der Waals surface area contributed by atoms with E-state index in [1.165, 1.54) is 11.1 Å². The van der Waals surface area contributed by atoms with E-state index in [1.807, 2.05) is 43.7 Å².